The molecule has 1 unspecified atom stereocenters. The average molecular weight is 258 g/mol. The molecule has 0 aliphatic heterocycles. The molecule has 102 valence electrons. The highest BCUT2D eigenvalue weighted by atomic mass is 15.2. The molecule has 0 saturated heterocycles. The first-order chi connectivity index (χ1) is 9.13. The van der Waals surface area contributed by atoms with Gasteiger partial charge in [-0.15, -0.1) is 0 Å². The molecule has 0 spiro atoms. The molecule has 1 aromatic carbocycles. The number of aryl methyl sites for hydroxylation is 1. The summed E-state index contributed by atoms with van der Waals surface area (Å²) in [5.41, 5.74) is 2.55. The van der Waals surface area contributed by atoms with Crippen LogP contribution in [0.2, 0.25) is 0 Å². The molecule has 0 bridgehead atoms. The van der Waals surface area contributed by atoms with Gasteiger partial charge in [0.15, 0.2) is 0 Å². The average Bonchev–Trinajstić information content (AvgIpc) is 2.83. The third-order valence-corrected chi connectivity index (χ3v) is 3.55. The summed E-state index contributed by atoms with van der Waals surface area (Å²) in [6.45, 7) is 2.98. The zero-order chi connectivity index (χ0) is 13.8. The van der Waals surface area contributed by atoms with E-state index in [1.807, 2.05) is 26.5 Å². The first-order valence-corrected chi connectivity index (χ1v) is 6.57. The molecule has 1 aromatic heterocycles. The Morgan fingerprint density at radius 2 is 2.11 bits per heavy atom. The van der Waals surface area contributed by atoms with Gasteiger partial charge in [0.05, 0.1) is 6.54 Å². The number of benzene rings is 1. The fourth-order valence-electron chi connectivity index (χ4n) is 2.20. The summed E-state index contributed by atoms with van der Waals surface area (Å²) < 4.78 is 2.06. The smallest absolute Gasteiger partial charge is 0.127 e. The predicted octanol–water partition coefficient (Wildman–Crippen LogP) is 2.34. The second-order valence-corrected chi connectivity index (χ2v) is 4.88. The maximum Gasteiger partial charge on any atom is 0.127 e. The maximum absolute atomic E-state index is 4.38. The van der Waals surface area contributed by atoms with Crippen LogP contribution in [0, 0.1) is 0 Å². The number of hydrogen-bond acceptors (Lipinski definition) is 3. The molecule has 0 fully saturated rings. The molecule has 0 aliphatic rings. The highest BCUT2D eigenvalue weighted by Gasteiger charge is 2.13. The van der Waals surface area contributed by atoms with E-state index in [4.69, 9.17) is 0 Å². The van der Waals surface area contributed by atoms with Gasteiger partial charge in [-0.1, -0.05) is 18.2 Å². The van der Waals surface area contributed by atoms with Gasteiger partial charge in [-0.2, -0.15) is 0 Å². The molecular formula is C15H22N4. The topological polar surface area (TPSA) is 33.1 Å². The van der Waals surface area contributed by atoms with E-state index in [0.717, 1.165) is 12.4 Å². The molecule has 2 rings (SSSR count). The molecule has 1 atom stereocenters. The van der Waals surface area contributed by atoms with Crippen molar-refractivity contribution >= 4 is 5.69 Å². The van der Waals surface area contributed by atoms with Gasteiger partial charge < -0.3 is 14.8 Å². The van der Waals surface area contributed by atoms with Crippen LogP contribution in [0.15, 0.2) is 36.7 Å². The number of aromatic nitrogens is 2. The van der Waals surface area contributed by atoms with Crippen molar-refractivity contribution in [1.82, 2.24) is 14.9 Å². The van der Waals surface area contributed by atoms with Crippen LogP contribution in [0.25, 0.3) is 0 Å². The van der Waals surface area contributed by atoms with Gasteiger partial charge in [0.1, 0.15) is 5.82 Å². The number of imidazole rings is 1. The van der Waals surface area contributed by atoms with E-state index in [-0.39, 0.29) is 0 Å². The molecule has 2 aromatic rings. The molecular weight excluding hydrogens is 236 g/mol. The van der Waals surface area contributed by atoms with E-state index in [0.29, 0.717) is 6.04 Å². The molecule has 0 aliphatic carbocycles. The van der Waals surface area contributed by atoms with Gasteiger partial charge in [0.2, 0.25) is 0 Å². The molecule has 1 heterocycles. The summed E-state index contributed by atoms with van der Waals surface area (Å²) >= 11 is 0. The molecule has 19 heavy (non-hydrogen) atoms. The van der Waals surface area contributed by atoms with Crippen LogP contribution in [-0.2, 0) is 13.6 Å². The van der Waals surface area contributed by atoms with Crippen LogP contribution < -0.4 is 10.2 Å². The Morgan fingerprint density at radius 1 is 1.37 bits per heavy atom. The number of anilines is 1. The zero-order valence-corrected chi connectivity index (χ0v) is 12.1. The summed E-state index contributed by atoms with van der Waals surface area (Å²) in [6.07, 6.45) is 3.82. The lowest BCUT2D eigenvalue weighted by molar-refractivity contribution is 0.648. The molecule has 1 N–H and O–H groups in total. The predicted molar refractivity (Wildman–Crippen MR) is 79.2 cm³/mol. The summed E-state index contributed by atoms with van der Waals surface area (Å²) in [4.78, 5) is 6.62. The molecule has 0 amide bonds. The fraction of sp³-hybridized carbons (Fsp3) is 0.400. The maximum atomic E-state index is 4.38. The van der Waals surface area contributed by atoms with Crippen molar-refractivity contribution in [2.24, 2.45) is 7.05 Å². The van der Waals surface area contributed by atoms with Crippen molar-refractivity contribution in [3.05, 3.63) is 48.0 Å². The summed E-state index contributed by atoms with van der Waals surface area (Å²) in [5, 5.41) is 3.30. The van der Waals surface area contributed by atoms with Crippen molar-refractivity contribution in [2.75, 3.05) is 19.0 Å². The highest BCUT2D eigenvalue weighted by molar-refractivity contribution is 5.54. The SMILES string of the molecule is CNC(C)c1ccccc1N(C)Cc1nccn1C. The molecule has 4 heteroatoms. The minimum absolute atomic E-state index is 0.333. The van der Waals surface area contributed by atoms with Crippen LogP contribution in [0.3, 0.4) is 0 Å². The van der Waals surface area contributed by atoms with Crippen LogP contribution in [0.1, 0.15) is 24.4 Å². The van der Waals surface area contributed by atoms with Crippen LogP contribution >= 0.6 is 0 Å². The lowest BCUT2D eigenvalue weighted by Crippen LogP contribution is -2.22. The Labute approximate surface area is 115 Å². The van der Waals surface area contributed by atoms with Gasteiger partial charge in [0.25, 0.3) is 0 Å². The van der Waals surface area contributed by atoms with E-state index in [1.165, 1.54) is 11.3 Å². The van der Waals surface area contributed by atoms with E-state index < -0.39 is 0 Å². The highest BCUT2D eigenvalue weighted by Crippen LogP contribution is 2.25. The minimum Gasteiger partial charge on any atom is -0.367 e. The Bertz CT molecular complexity index is 532. The molecule has 0 radical (unpaired) electrons. The Morgan fingerprint density at radius 3 is 2.74 bits per heavy atom. The zero-order valence-electron chi connectivity index (χ0n) is 12.1. The summed E-state index contributed by atoms with van der Waals surface area (Å²) in [5.74, 6) is 1.06. The standard InChI is InChI=1S/C15H22N4/c1-12(16-2)13-7-5-6-8-14(13)19(4)11-15-17-9-10-18(15)3/h5-10,12,16H,11H2,1-4H3. The largest absolute Gasteiger partial charge is 0.367 e. The second kappa shape index (κ2) is 5.89. The van der Waals surface area contributed by atoms with E-state index >= 15 is 0 Å². The lowest BCUT2D eigenvalue weighted by Gasteiger charge is -2.24. The van der Waals surface area contributed by atoms with Crippen LogP contribution in [0.5, 0.6) is 0 Å². The minimum atomic E-state index is 0.333. The number of hydrogen-bond donors (Lipinski definition) is 1. The summed E-state index contributed by atoms with van der Waals surface area (Å²) in [6, 6.07) is 8.83. The van der Waals surface area contributed by atoms with E-state index in [2.05, 4.69) is 58.0 Å². The van der Waals surface area contributed by atoms with Gasteiger partial charge >= 0.3 is 0 Å². The Hall–Kier alpha value is -1.81. The van der Waals surface area contributed by atoms with E-state index in [9.17, 15) is 0 Å². The molecule has 4 nitrogen and oxygen atoms in total. The number of para-hydroxylation sites is 1. The van der Waals surface area contributed by atoms with Crippen molar-refractivity contribution in [3.63, 3.8) is 0 Å². The van der Waals surface area contributed by atoms with Crippen molar-refractivity contribution in [2.45, 2.75) is 19.5 Å². The van der Waals surface area contributed by atoms with Gasteiger partial charge in [-0.05, 0) is 25.6 Å². The van der Waals surface area contributed by atoms with Gasteiger partial charge in [0, 0.05) is 38.2 Å². The quantitative estimate of drug-likeness (QED) is 0.893. The normalized spacial score (nSPS) is 12.4. The van der Waals surface area contributed by atoms with Crippen molar-refractivity contribution < 1.29 is 0 Å². The first kappa shape index (κ1) is 13.6. The number of nitrogens with one attached hydrogen (secondary N) is 1. The number of rotatable bonds is 5. The van der Waals surface area contributed by atoms with Gasteiger partial charge in [-0.3, -0.25) is 0 Å². The first-order valence-electron chi connectivity index (χ1n) is 6.57. The van der Waals surface area contributed by atoms with E-state index in [1.54, 1.807) is 0 Å². The van der Waals surface area contributed by atoms with Crippen LogP contribution in [0.4, 0.5) is 5.69 Å². The summed E-state index contributed by atoms with van der Waals surface area (Å²) in [7, 11) is 6.12. The van der Waals surface area contributed by atoms with Gasteiger partial charge in [-0.25, -0.2) is 4.98 Å². The van der Waals surface area contributed by atoms with Crippen molar-refractivity contribution in [3.8, 4) is 0 Å². The number of nitrogens with zero attached hydrogens (tertiary/aromatic N) is 3. The van der Waals surface area contributed by atoms with Crippen LogP contribution in [-0.4, -0.2) is 23.6 Å². The Balaban J connectivity index is 2.24. The third-order valence-electron chi connectivity index (χ3n) is 3.55. The third kappa shape index (κ3) is 2.96. The molecule has 0 saturated carbocycles. The monoisotopic (exact) mass is 258 g/mol. The lowest BCUT2D eigenvalue weighted by atomic mass is 10.1. The Kier molecular flexibility index (Phi) is 4.22. The van der Waals surface area contributed by atoms with Crippen molar-refractivity contribution in [1.29, 1.82) is 0 Å². The second-order valence-electron chi connectivity index (χ2n) is 4.88. The fourth-order valence-corrected chi connectivity index (χ4v) is 2.20.